The maximum absolute atomic E-state index is 5.53. The minimum atomic E-state index is 0.358. The van der Waals surface area contributed by atoms with Crippen LogP contribution >= 0.6 is 23.2 Å². The Balaban J connectivity index is 3.17. The van der Waals surface area contributed by atoms with Gasteiger partial charge in [0.1, 0.15) is 5.15 Å². The smallest absolute Gasteiger partial charge is 0.131 e. The molecule has 0 atom stereocenters. The van der Waals surface area contributed by atoms with Crippen LogP contribution in [0.2, 0.25) is 10.2 Å². The van der Waals surface area contributed by atoms with E-state index in [0.29, 0.717) is 15.9 Å². The van der Waals surface area contributed by atoms with Crippen LogP contribution in [0.4, 0.5) is 5.69 Å². The van der Waals surface area contributed by atoms with Crippen molar-refractivity contribution in [2.75, 3.05) is 5.73 Å². The molecule has 0 aliphatic heterocycles. The van der Waals surface area contributed by atoms with E-state index in [0.717, 1.165) is 0 Å². The van der Waals surface area contributed by atoms with Gasteiger partial charge in [0.15, 0.2) is 0 Å². The number of aromatic nitrogens is 1. The molecule has 1 rings (SSSR count). The summed E-state index contributed by atoms with van der Waals surface area (Å²) in [5, 5.41) is 0.788. The molecule has 0 unspecified atom stereocenters. The predicted octanol–water partition coefficient (Wildman–Crippen LogP) is 1.97. The van der Waals surface area contributed by atoms with Gasteiger partial charge in [0.2, 0.25) is 0 Å². The monoisotopic (exact) mass is 162 g/mol. The third-order valence-electron chi connectivity index (χ3n) is 0.852. The van der Waals surface area contributed by atoms with Crippen molar-refractivity contribution >= 4 is 28.9 Å². The van der Waals surface area contributed by atoms with Crippen molar-refractivity contribution in [2.45, 2.75) is 0 Å². The third kappa shape index (κ3) is 1.47. The second-order valence-corrected chi connectivity index (χ2v) is 2.32. The van der Waals surface area contributed by atoms with E-state index >= 15 is 0 Å². The van der Waals surface area contributed by atoms with Crippen LogP contribution in [0.15, 0.2) is 12.3 Å². The average Bonchev–Trinajstić information content (AvgIpc) is 1.80. The van der Waals surface area contributed by atoms with Crippen LogP contribution in [0, 0.1) is 0 Å². The summed E-state index contributed by atoms with van der Waals surface area (Å²) in [7, 11) is 0. The molecule has 48 valence electrons. The molecule has 0 aliphatic rings. The van der Waals surface area contributed by atoms with Gasteiger partial charge >= 0.3 is 0 Å². The molecule has 1 aromatic heterocycles. The molecule has 0 radical (unpaired) electrons. The first-order valence-corrected chi connectivity index (χ1v) is 3.02. The van der Waals surface area contributed by atoms with Gasteiger partial charge in [0.25, 0.3) is 0 Å². The van der Waals surface area contributed by atoms with Crippen LogP contribution in [-0.4, -0.2) is 4.98 Å². The number of hydrogen-bond donors (Lipinski definition) is 1. The van der Waals surface area contributed by atoms with Gasteiger partial charge in [-0.1, -0.05) is 23.2 Å². The van der Waals surface area contributed by atoms with E-state index in [1.165, 1.54) is 12.3 Å². The second-order valence-electron chi connectivity index (χ2n) is 1.53. The number of hydrogen-bond acceptors (Lipinski definition) is 2. The Morgan fingerprint density at radius 2 is 2.11 bits per heavy atom. The fourth-order valence-electron chi connectivity index (χ4n) is 0.427. The lowest BCUT2D eigenvalue weighted by Crippen LogP contribution is -1.86. The van der Waals surface area contributed by atoms with Crippen molar-refractivity contribution in [3.8, 4) is 0 Å². The molecular formula is C5H4Cl2N2. The molecule has 2 nitrogen and oxygen atoms in total. The van der Waals surface area contributed by atoms with Crippen molar-refractivity contribution in [1.29, 1.82) is 0 Å². The second kappa shape index (κ2) is 2.42. The summed E-state index contributed by atoms with van der Waals surface area (Å²) in [5.74, 6) is 0. The zero-order valence-corrected chi connectivity index (χ0v) is 5.95. The molecule has 0 fully saturated rings. The van der Waals surface area contributed by atoms with E-state index in [1.807, 2.05) is 0 Å². The molecule has 0 amide bonds. The van der Waals surface area contributed by atoms with Crippen LogP contribution in [0.5, 0.6) is 0 Å². The van der Waals surface area contributed by atoms with Gasteiger partial charge in [-0.25, -0.2) is 4.98 Å². The summed E-state index contributed by atoms with van der Waals surface area (Å²) in [4.78, 5) is 3.69. The zero-order valence-electron chi connectivity index (χ0n) is 4.44. The SMILES string of the molecule is Nc1cc(Cl)ncc1Cl. The van der Waals surface area contributed by atoms with Crippen LogP contribution in [-0.2, 0) is 0 Å². The number of nitrogen functional groups attached to an aromatic ring is 1. The van der Waals surface area contributed by atoms with E-state index in [-0.39, 0.29) is 0 Å². The molecule has 2 N–H and O–H groups in total. The van der Waals surface area contributed by atoms with Crippen molar-refractivity contribution in [2.24, 2.45) is 0 Å². The van der Waals surface area contributed by atoms with Crippen molar-refractivity contribution in [3.63, 3.8) is 0 Å². The minimum absolute atomic E-state index is 0.358. The maximum Gasteiger partial charge on any atom is 0.131 e. The van der Waals surface area contributed by atoms with Crippen LogP contribution in [0.25, 0.3) is 0 Å². The highest BCUT2D eigenvalue weighted by Crippen LogP contribution is 2.18. The quantitative estimate of drug-likeness (QED) is 0.593. The van der Waals surface area contributed by atoms with E-state index in [9.17, 15) is 0 Å². The first-order valence-electron chi connectivity index (χ1n) is 2.26. The average molecular weight is 163 g/mol. The number of halogens is 2. The highest BCUT2D eigenvalue weighted by molar-refractivity contribution is 6.34. The Bertz CT molecular complexity index is 224. The Morgan fingerprint density at radius 1 is 1.44 bits per heavy atom. The first-order chi connectivity index (χ1) is 4.20. The van der Waals surface area contributed by atoms with E-state index in [1.54, 1.807) is 0 Å². The lowest BCUT2D eigenvalue weighted by molar-refractivity contribution is 1.33. The normalized spacial score (nSPS) is 9.56. The summed E-state index contributed by atoms with van der Waals surface area (Å²) in [6.45, 7) is 0. The molecule has 0 saturated heterocycles. The van der Waals surface area contributed by atoms with Crippen LogP contribution < -0.4 is 5.73 Å². The van der Waals surface area contributed by atoms with Gasteiger partial charge in [0, 0.05) is 6.20 Å². The Hall–Kier alpha value is -0.470. The fraction of sp³-hybridized carbons (Fsp3) is 0. The molecule has 0 spiro atoms. The zero-order chi connectivity index (χ0) is 6.85. The largest absolute Gasteiger partial charge is 0.397 e. The lowest BCUT2D eigenvalue weighted by Gasteiger charge is -1.94. The summed E-state index contributed by atoms with van der Waals surface area (Å²) >= 11 is 11.0. The van der Waals surface area contributed by atoms with Crippen LogP contribution in [0.1, 0.15) is 0 Å². The minimum Gasteiger partial charge on any atom is -0.397 e. The number of nitrogens with two attached hydrogens (primary N) is 1. The van der Waals surface area contributed by atoms with Gasteiger partial charge < -0.3 is 5.73 Å². The van der Waals surface area contributed by atoms with Gasteiger partial charge in [0.05, 0.1) is 10.7 Å². The summed E-state index contributed by atoms with van der Waals surface area (Å²) < 4.78 is 0. The molecule has 0 saturated carbocycles. The molecule has 0 bridgehead atoms. The molecular weight excluding hydrogens is 159 g/mol. The number of pyridine rings is 1. The summed E-state index contributed by atoms with van der Waals surface area (Å²) in [5.41, 5.74) is 5.82. The Morgan fingerprint density at radius 3 is 2.56 bits per heavy atom. The van der Waals surface area contributed by atoms with Gasteiger partial charge in [-0.3, -0.25) is 0 Å². The first kappa shape index (κ1) is 6.65. The molecule has 1 aromatic rings. The van der Waals surface area contributed by atoms with Crippen LogP contribution in [0.3, 0.4) is 0 Å². The lowest BCUT2D eigenvalue weighted by atomic mass is 10.4. The number of nitrogens with zero attached hydrogens (tertiary/aromatic N) is 1. The van der Waals surface area contributed by atoms with Gasteiger partial charge in [-0.15, -0.1) is 0 Å². The van der Waals surface area contributed by atoms with Gasteiger partial charge in [-0.2, -0.15) is 0 Å². The topological polar surface area (TPSA) is 38.9 Å². The highest BCUT2D eigenvalue weighted by Gasteiger charge is 1.94. The van der Waals surface area contributed by atoms with Crippen molar-refractivity contribution < 1.29 is 0 Å². The van der Waals surface area contributed by atoms with Crippen molar-refractivity contribution in [3.05, 3.63) is 22.4 Å². The molecule has 4 heteroatoms. The summed E-state index contributed by atoms with van der Waals surface area (Å²) in [6, 6.07) is 1.50. The van der Waals surface area contributed by atoms with Gasteiger partial charge in [-0.05, 0) is 6.07 Å². The molecule has 1 heterocycles. The number of anilines is 1. The van der Waals surface area contributed by atoms with E-state index < -0.39 is 0 Å². The van der Waals surface area contributed by atoms with E-state index in [4.69, 9.17) is 28.9 Å². The molecule has 0 aliphatic carbocycles. The highest BCUT2D eigenvalue weighted by atomic mass is 35.5. The number of rotatable bonds is 0. The summed E-state index contributed by atoms with van der Waals surface area (Å²) in [6.07, 6.45) is 1.42. The van der Waals surface area contributed by atoms with E-state index in [2.05, 4.69) is 4.98 Å². The maximum atomic E-state index is 5.53. The fourth-order valence-corrected chi connectivity index (χ4v) is 0.697. The molecule has 9 heavy (non-hydrogen) atoms. The third-order valence-corrected chi connectivity index (χ3v) is 1.37. The predicted molar refractivity (Wildman–Crippen MR) is 38.7 cm³/mol. The Kier molecular flexibility index (Phi) is 1.78. The Labute approximate surface area is 62.6 Å². The molecule has 0 aromatic carbocycles. The van der Waals surface area contributed by atoms with Crippen molar-refractivity contribution in [1.82, 2.24) is 4.98 Å². The standard InChI is InChI=1S/C5H4Cl2N2/c6-3-2-9-5(7)1-4(3)8/h1-2H,(H2,8,9).